The molecule has 6 nitrogen and oxygen atoms in total. The fourth-order valence-corrected chi connectivity index (χ4v) is 2.61. The highest BCUT2D eigenvalue weighted by atomic mass is 16.1. The maximum absolute atomic E-state index is 12.3. The summed E-state index contributed by atoms with van der Waals surface area (Å²) in [5.74, 6) is 0.649. The van der Waals surface area contributed by atoms with Gasteiger partial charge in [-0.2, -0.15) is 0 Å². The molecule has 0 fully saturated rings. The van der Waals surface area contributed by atoms with E-state index in [0.717, 1.165) is 19.3 Å². The van der Waals surface area contributed by atoms with Crippen LogP contribution in [0.15, 0.2) is 29.5 Å². The topological polar surface area (TPSA) is 86.7 Å². The summed E-state index contributed by atoms with van der Waals surface area (Å²) in [6, 6.07) is 3.26. The van der Waals surface area contributed by atoms with E-state index in [0.29, 0.717) is 23.8 Å². The van der Waals surface area contributed by atoms with Crippen LogP contribution in [0.4, 0.5) is 0 Å². The Labute approximate surface area is 116 Å². The van der Waals surface area contributed by atoms with Crippen LogP contribution in [0.1, 0.15) is 32.0 Å². The lowest BCUT2D eigenvalue weighted by atomic mass is 9.96. The minimum absolute atomic E-state index is 0.0674. The van der Waals surface area contributed by atoms with Gasteiger partial charge in [0.25, 0.3) is 5.56 Å². The van der Waals surface area contributed by atoms with E-state index in [1.54, 1.807) is 16.8 Å². The van der Waals surface area contributed by atoms with Gasteiger partial charge in [-0.1, -0.05) is 0 Å². The SMILES string of the molecule is CC1(N)CCCCn2c1nc(-c1ccncn1)cc2=O. The molecule has 1 unspecified atom stereocenters. The van der Waals surface area contributed by atoms with Gasteiger partial charge in [-0.25, -0.2) is 15.0 Å². The summed E-state index contributed by atoms with van der Waals surface area (Å²) in [7, 11) is 0. The molecule has 104 valence electrons. The lowest BCUT2D eigenvalue weighted by Gasteiger charge is -2.24. The van der Waals surface area contributed by atoms with Crippen LogP contribution in [0, 0.1) is 0 Å². The highest BCUT2D eigenvalue weighted by Crippen LogP contribution is 2.26. The smallest absolute Gasteiger partial charge is 0.254 e. The van der Waals surface area contributed by atoms with Crippen LogP contribution in [0.3, 0.4) is 0 Å². The zero-order chi connectivity index (χ0) is 14.2. The van der Waals surface area contributed by atoms with Crippen molar-refractivity contribution in [1.82, 2.24) is 19.5 Å². The van der Waals surface area contributed by atoms with E-state index in [4.69, 9.17) is 5.73 Å². The van der Waals surface area contributed by atoms with Crippen molar-refractivity contribution in [1.29, 1.82) is 0 Å². The molecule has 2 aromatic heterocycles. The van der Waals surface area contributed by atoms with E-state index in [1.807, 2.05) is 6.92 Å². The van der Waals surface area contributed by atoms with Gasteiger partial charge in [-0.15, -0.1) is 0 Å². The molecule has 0 saturated heterocycles. The monoisotopic (exact) mass is 271 g/mol. The lowest BCUT2D eigenvalue weighted by molar-refractivity contribution is 0.417. The molecule has 2 aromatic rings. The van der Waals surface area contributed by atoms with E-state index in [9.17, 15) is 4.79 Å². The molecule has 1 atom stereocenters. The highest BCUT2D eigenvalue weighted by molar-refractivity contribution is 5.52. The predicted octanol–water partition coefficient (Wildman–Crippen LogP) is 1.06. The van der Waals surface area contributed by atoms with Crippen LogP contribution >= 0.6 is 0 Å². The molecule has 3 rings (SSSR count). The third-order valence-corrected chi connectivity index (χ3v) is 3.69. The van der Waals surface area contributed by atoms with E-state index < -0.39 is 5.54 Å². The quantitative estimate of drug-likeness (QED) is 0.838. The number of nitrogens with two attached hydrogens (primary N) is 1. The number of hydrogen-bond donors (Lipinski definition) is 1. The third kappa shape index (κ3) is 2.22. The minimum Gasteiger partial charge on any atom is -0.319 e. The predicted molar refractivity (Wildman–Crippen MR) is 74.9 cm³/mol. The highest BCUT2D eigenvalue weighted by Gasteiger charge is 2.29. The Morgan fingerprint density at radius 2 is 2.20 bits per heavy atom. The number of nitrogens with zero attached hydrogens (tertiary/aromatic N) is 4. The fraction of sp³-hybridized carbons (Fsp3) is 0.429. The summed E-state index contributed by atoms with van der Waals surface area (Å²) in [6.07, 6.45) is 5.86. The Morgan fingerprint density at radius 1 is 1.35 bits per heavy atom. The average molecular weight is 271 g/mol. The maximum atomic E-state index is 12.3. The van der Waals surface area contributed by atoms with Gasteiger partial charge in [0.05, 0.1) is 16.9 Å². The number of hydrogen-bond acceptors (Lipinski definition) is 5. The molecule has 1 aliphatic heterocycles. The lowest BCUT2D eigenvalue weighted by Crippen LogP contribution is -2.39. The molecular weight excluding hydrogens is 254 g/mol. The molecular formula is C14H17N5O. The van der Waals surface area contributed by atoms with Crippen LogP contribution in [0.25, 0.3) is 11.4 Å². The molecule has 0 aromatic carbocycles. The van der Waals surface area contributed by atoms with Gasteiger partial charge in [0.1, 0.15) is 12.2 Å². The van der Waals surface area contributed by atoms with Crippen molar-refractivity contribution in [2.24, 2.45) is 5.73 Å². The van der Waals surface area contributed by atoms with E-state index >= 15 is 0 Å². The number of fused-ring (bicyclic) bond motifs is 1. The first-order valence-electron chi connectivity index (χ1n) is 6.75. The first-order chi connectivity index (χ1) is 9.58. The molecule has 20 heavy (non-hydrogen) atoms. The van der Waals surface area contributed by atoms with Crippen molar-refractivity contribution in [2.45, 2.75) is 38.3 Å². The largest absolute Gasteiger partial charge is 0.319 e. The van der Waals surface area contributed by atoms with Crippen molar-refractivity contribution >= 4 is 0 Å². The van der Waals surface area contributed by atoms with Gasteiger partial charge < -0.3 is 5.73 Å². The summed E-state index contributed by atoms with van der Waals surface area (Å²) in [5.41, 5.74) is 6.90. The minimum atomic E-state index is -0.585. The summed E-state index contributed by atoms with van der Waals surface area (Å²) in [4.78, 5) is 25.0. The molecule has 0 radical (unpaired) electrons. The summed E-state index contributed by atoms with van der Waals surface area (Å²) in [6.45, 7) is 2.61. The van der Waals surface area contributed by atoms with Crippen molar-refractivity contribution < 1.29 is 0 Å². The molecule has 0 spiro atoms. The van der Waals surface area contributed by atoms with Gasteiger partial charge in [0.2, 0.25) is 0 Å². The van der Waals surface area contributed by atoms with Gasteiger partial charge in [0, 0.05) is 18.8 Å². The second-order valence-electron chi connectivity index (χ2n) is 5.42. The van der Waals surface area contributed by atoms with Crippen LogP contribution in [-0.2, 0) is 12.1 Å². The first kappa shape index (κ1) is 12.9. The molecule has 0 bridgehead atoms. The Kier molecular flexibility index (Phi) is 3.10. The molecule has 3 heterocycles. The Morgan fingerprint density at radius 3 is 2.95 bits per heavy atom. The van der Waals surface area contributed by atoms with Crippen LogP contribution in [-0.4, -0.2) is 19.5 Å². The van der Waals surface area contributed by atoms with Gasteiger partial charge >= 0.3 is 0 Å². The van der Waals surface area contributed by atoms with Crippen molar-refractivity contribution in [3.8, 4) is 11.4 Å². The van der Waals surface area contributed by atoms with Gasteiger partial charge in [0.15, 0.2) is 0 Å². The van der Waals surface area contributed by atoms with Crippen LogP contribution in [0.5, 0.6) is 0 Å². The van der Waals surface area contributed by atoms with E-state index in [1.165, 1.54) is 12.4 Å². The summed E-state index contributed by atoms with van der Waals surface area (Å²) in [5, 5.41) is 0. The first-order valence-corrected chi connectivity index (χ1v) is 6.75. The number of rotatable bonds is 1. The van der Waals surface area contributed by atoms with Crippen LogP contribution in [0.2, 0.25) is 0 Å². The normalized spacial score (nSPS) is 22.1. The van der Waals surface area contributed by atoms with Crippen molar-refractivity contribution in [2.75, 3.05) is 0 Å². The Balaban J connectivity index is 2.20. The zero-order valence-electron chi connectivity index (χ0n) is 11.4. The molecule has 1 aliphatic rings. The fourth-order valence-electron chi connectivity index (χ4n) is 2.61. The van der Waals surface area contributed by atoms with Crippen molar-refractivity contribution in [3.05, 3.63) is 40.8 Å². The zero-order valence-corrected chi connectivity index (χ0v) is 11.4. The standard InChI is InChI=1S/C14H17N5O/c1-14(15)5-2-3-7-19-12(20)8-11(18-13(14)19)10-4-6-16-9-17-10/h4,6,8-9H,2-3,5,7,15H2,1H3. The Bertz CT molecular complexity index is 678. The maximum Gasteiger partial charge on any atom is 0.254 e. The average Bonchev–Trinajstić information content (AvgIpc) is 2.59. The van der Waals surface area contributed by atoms with Crippen molar-refractivity contribution in [3.63, 3.8) is 0 Å². The van der Waals surface area contributed by atoms with Gasteiger partial charge in [-0.3, -0.25) is 9.36 Å². The third-order valence-electron chi connectivity index (χ3n) is 3.69. The Hall–Kier alpha value is -2.08. The second-order valence-corrected chi connectivity index (χ2v) is 5.42. The summed E-state index contributed by atoms with van der Waals surface area (Å²) >= 11 is 0. The molecule has 0 amide bonds. The van der Waals surface area contributed by atoms with E-state index in [-0.39, 0.29) is 5.56 Å². The molecule has 2 N–H and O–H groups in total. The molecule has 0 saturated carbocycles. The molecule has 0 aliphatic carbocycles. The van der Waals surface area contributed by atoms with Crippen LogP contribution < -0.4 is 11.3 Å². The number of aromatic nitrogens is 4. The van der Waals surface area contributed by atoms with E-state index in [2.05, 4.69) is 15.0 Å². The summed E-state index contributed by atoms with van der Waals surface area (Å²) < 4.78 is 1.69. The second kappa shape index (κ2) is 4.79. The molecule has 6 heteroatoms. The van der Waals surface area contributed by atoms with Gasteiger partial charge in [-0.05, 0) is 32.3 Å².